The van der Waals surface area contributed by atoms with Crippen molar-refractivity contribution in [3.63, 3.8) is 0 Å². The maximum atomic E-state index is 11.9. The second-order valence-corrected chi connectivity index (χ2v) is 9.19. The fourth-order valence-corrected chi connectivity index (χ4v) is 4.74. The van der Waals surface area contributed by atoms with Gasteiger partial charge in [0, 0.05) is 0 Å². The molecule has 2 aromatic carbocycles. The van der Waals surface area contributed by atoms with Gasteiger partial charge in [-0.1, -0.05) is 89.5 Å². The molecule has 0 radical (unpaired) electrons. The summed E-state index contributed by atoms with van der Waals surface area (Å²) in [4.78, 5) is -0.0543. The molecule has 0 fully saturated rings. The molecule has 0 saturated carbocycles. The number of unbranched alkanes of at least 4 members (excludes halogenated alkanes) is 8. The molecule has 0 heterocycles. The first-order valence-corrected chi connectivity index (χ1v) is 12.4. The molecule has 0 aliphatic carbocycles. The van der Waals surface area contributed by atoms with Crippen molar-refractivity contribution in [3.8, 4) is 0 Å². The van der Waals surface area contributed by atoms with E-state index in [-0.39, 0.29) is 56.3 Å². The average Bonchev–Trinajstić information content (AvgIpc) is 2.67. The summed E-state index contributed by atoms with van der Waals surface area (Å²) in [7, 11) is -4.49. The molecule has 156 valence electrons. The number of hydrogen-bond donors (Lipinski definition) is 0. The van der Waals surface area contributed by atoms with Crippen LogP contribution >= 0.6 is 0 Å². The molecule has 0 saturated heterocycles. The van der Waals surface area contributed by atoms with Crippen LogP contribution in [-0.2, 0) is 23.0 Å². The molecule has 0 aromatic heterocycles. The number of aryl methyl sites for hydroxylation is 2. The number of hydrogen-bond acceptors (Lipinski definition) is 3. The predicted molar refractivity (Wildman–Crippen MR) is 117 cm³/mol. The van der Waals surface area contributed by atoms with Crippen LogP contribution in [-0.4, -0.2) is 13.0 Å². The molecule has 0 bridgehead atoms. The average molecular weight is 443 g/mol. The Morgan fingerprint density at radius 1 is 0.759 bits per heavy atom. The summed E-state index contributed by atoms with van der Waals surface area (Å²) in [5, 5.41) is 1.52. The van der Waals surface area contributed by atoms with Gasteiger partial charge < -0.3 is 4.55 Å². The molecule has 0 unspecified atom stereocenters. The fraction of sp³-hybridized carbons (Fsp3) is 0.583. The van der Waals surface area contributed by atoms with E-state index in [0.29, 0.717) is 5.39 Å². The summed E-state index contributed by atoms with van der Waals surface area (Å²) in [5.74, 6) is 0. The number of benzene rings is 2. The van der Waals surface area contributed by atoms with Crippen molar-refractivity contribution >= 4 is 20.9 Å². The van der Waals surface area contributed by atoms with Gasteiger partial charge in [-0.25, -0.2) is 8.42 Å². The van der Waals surface area contributed by atoms with Gasteiger partial charge in [-0.2, -0.15) is 0 Å². The first-order chi connectivity index (χ1) is 13.5. The standard InChI is InChI=1S/C24H36O3S.K/c1-3-5-7-9-11-15-20-19-24(28(25,26)27)23-18-14-13-17-22(23)21(20)16-12-10-8-6-4-2;/h13-14,17-19H,3-12,15-16H2,1-2H3,(H,25,26,27);/q;+1/p-1. The quantitative estimate of drug-likeness (QED) is 0.269. The smallest absolute Gasteiger partial charge is 0.744 e. The molecule has 3 nitrogen and oxygen atoms in total. The van der Waals surface area contributed by atoms with Gasteiger partial charge in [0.15, 0.2) is 0 Å². The molecule has 5 heteroatoms. The summed E-state index contributed by atoms with van der Waals surface area (Å²) in [5.41, 5.74) is 2.30. The van der Waals surface area contributed by atoms with Crippen LogP contribution < -0.4 is 51.4 Å². The van der Waals surface area contributed by atoms with E-state index in [2.05, 4.69) is 13.8 Å². The summed E-state index contributed by atoms with van der Waals surface area (Å²) in [6.07, 6.45) is 13.7. The van der Waals surface area contributed by atoms with Crippen molar-refractivity contribution in [2.75, 3.05) is 0 Å². The molecule has 29 heavy (non-hydrogen) atoms. The van der Waals surface area contributed by atoms with Crippen molar-refractivity contribution in [1.82, 2.24) is 0 Å². The summed E-state index contributed by atoms with van der Waals surface area (Å²) in [6.45, 7) is 4.41. The molecular formula is C24H35KO3S. The monoisotopic (exact) mass is 442 g/mol. The van der Waals surface area contributed by atoms with E-state index in [1.54, 1.807) is 12.1 Å². The van der Waals surface area contributed by atoms with Crippen molar-refractivity contribution in [2.45, 2.75) is 95.8 Å². The number of fused-ring (bicyclic) bond motifs is 1. The van der Waals surface area contributed by atoms with E-state index in [4.69, 9.17) is 0 Å². The first-order valence-electron chi connectivity index (χ1n) is 11.0. The van der Waals surface area contributed by atoms with Gasteiger partial charge in [-0.3, -0.25) is 0 Å². The van der Waals surface area contributed by atoms with E-state index < -0.39 is 10.1 Å². The summed E-state index contributed by atoms with van der Waals surface area (Å²) in [6, 6.07) is 9.17. The minimum Gasteiger partial charge on any atom is -0.744 e. The Kier molecular flexibility index (Phi) is 13.5. The van der Waals surface area contributed by atoms with Gasteiger partial charge in [0.05, 0.1) is 4.90 Å². The molecule has 0 aliphatic rings. The SMILES string of the molecule is CCCCCCCc1cc(S(=O)(=O)[O-])c2ccccc2c1CCCCCCC.[K+]. The fourth-order valence-electron chi connectivity index (χ4n) is 4.01. The van der Waals surface area contributed by atoms with Gasteiger partial charge in [-0.15, -0.1) is 0 Å². The van der Waals surface area contributed by atoms with Crippen LogP contribution in [0.1, 0.15) is 89.2 Å². The molecule has 0 amide bonds. The van der Waals surface area contributed by atoms with E-state index in [1.165, 1.54) is 50.5 Å². The van der Waals surface area contributed by atoms with Gasteiger partial charge in [0.1, 0.15) is 10.1 Å². The Hall–Kier alpha value is 0.246. The summed E-state index contributed by atoms with van der Waals surface area (Å²) >= 11 is 0. The van der Waals surface area contributed by atoms with Crippen LogP contribution in [0.5, 0.6) is 0 Å². The van der Waals surface area contributed by atoms with E-state index >= 15 is 0 Å². The van der Waals surface area contributed by atoms with Gasteiger partial charge in [-0.05, 0) is 53.6 Å². The Bertz CT molecular complexity index is 847. The van der Waals surface area contributed by atoms with Gasteiger partial charge >= 0.3 is 51.4 Å². The summed E-state index contributed by atoms with van der Waals surface area (Å²) < 4.78 is 35.7. The Labute approximate surface area is 220 Å². The predicted octanol–water partition coefficient (Wildman–Crippen LogP) is 3.77. The maximum absolute atomic E-state index is 11.9. The molecule has 0 N–H and O–H groups in total. The maximum Gasteiger partial charge on any atom is 1.00 e. The van der Waals surface area contributed by atoms with E-state index in [1.807, 2.05) is 18.2 Å². The van der Waals surface area contributed by atoms with Crippen LogP contribution in [0, 0.1) is 0 Å². The van der Waals surface area contributed by atoms with Crippen LogP contribution in [0.2, 0.25) is 0 Å². The van der Waals surface area contributed by atoms with E-state index in [0.717, 1.165) is 43.1 Å². The van der Waals surface area contributed by atoms with Gasteiger partial charge in [0.25, 0.3) is 0 Å². The minimum atomic E-state index is -4.49. The molecule has 0 aliphatic heterocycles. The van der Waals surface area contributed by atoms with Crippen LogP contribution in [0.3, 0.4) is 0 Å². The molecule has 0 spiro atoms. The second-order valence-electron chi connectivity index (χ2n) is 7.84. The van der Waals surface area contributed by atoms with Gasteiger partial charge in [0.2, 0.25) is 0 Å². The third-order valence-corrected chi connectivity index (χ3v) is 6.44. The zero-order chi connectivity index (χ0) is 20.4. The minimum absolute atomic E-state index is 0. The Morgan fingerprint density at radius 2 is 1.28 bits per heavy atom. The normalized spacial score (nSPS) is 11.6. The van der Waals surface area contributed by atoms with Crippen LogP contribution in [0.15, 0.2) is 35.2 Å². The molecule has 2 rings (SSSR count). The van der Waals surface area contributed by atoms with Crippen LogP contribution in [0.25, 0.3) is 10.8 Å². The topological polar surface area (TPSA) is 57.2 Å². The molecule has 0 atom stereocenters. The first kappa shape index (κ1) is 27.3. The third kappa shape index (κ3) is 8.72. The van der Waals surface area contributed by atoms with Crippen molar-refractivity contribution in [1.29, 1.82) is 0 Å². The number of rotatable bonds is 13. The Balaban J connectivity index is 0.00000420. The largest absolute Gasteiger partial charge is 1.00 e. The van der Waals surface area contributed by atoms with Crippen LogP contribution in [0.4, 0.5) is 0 Å². The molecular weight excluding hydrogens is 407 g/mol. The third-order valence-electron chi connectivity index (χ3n) is 5.56. The molecule has 2 aromatic rings. The van der Waals surface area contributed by atoms with Crippen molar-refractivity contribution in [2.24, 2.45) is 0 Å². The van der Waals surface area contributed by atoms with E-state index in [9.17, 15) is 13.0 Å². The zero-order valence-electron chi connectivity index (χ0n) is 18.5. The van der Waals surface area contributed by atoms with Crippen molar-refractivity contribution < 1.29 is 64.4 Å². The van der Waals surface area contributed by atoms with Crippen molar-refractivity contribution in [3.05, 3.63) is 41.5 Å². The second kappa shape index (κ2) is 14.3. The Morgan fingerprint density at radius 3 is 1.83 bits per heavy atom. The zero-order valence-corrected chi connectivity index (χ0v) is 22.4.